The Labute approximate surface area is 205 Å². The molecule has 3 aliphatic rings. The summed E-state index contributed by atoms with van der Waals surface area (Å²) in [4.78, 5) is 20.3. The van der Waals surface area contributed by atoms with Crippen molar-refractivity contribution < 1.29 is 14.6 Å². The topological polar surface area (TPSA) is 88.4 Å². The molecule has 2 aromatic rings. The number of aliphatic hydroxyl groups is 1. The Kier molecular flexibility index (Phi) is 6.02. The third kappa shape index (κ3) is 3.85. The highest BCUT2D eigenvalue weighted by Gasteiger charge is 2.55. The van der Waals surface area contributed by atoms with E-state index in [0.717, 1.165) is 30.9 Å². The number of methoxy groups -OCH3 is 1. The smallest absolute Gasteiger partial charge is 0.253 e. The molecular formula is C25H33ClN5O3+. The van der Waals surface area contributed by atoms with E-state index in [1.54, 1.807) is 19.4 Å². The summed E-state index contributed by atoms with van der Waals surface area (Å²) in [6.45, 7) is 6.64. The van der Waals surface area contributed by atoms with Crippen LogP contribution >= 0.6 is 11.6 Å². The number of quaternary nitrogens is 1. The molecule has 0 spiro atoms. The summed E-state index contributed by atoms with van der Waals surface area (Å²) in [5.74, 6) is 2.49. The second-order valence-electron chi connectivity index (χ2n) is 10.3. The van der Waals surface area contributed by atoms with Gasteiger partial charge in [0.15, 0.2) is 0 Å². The van der Waals surface area contributed by atoms with Gasteiger partial charge < -0.3 is 14.7 Å². The third-order valence-electron chi connectivity index (χ3n) is 8.27. The highest BCUT2D eigenvalue weighted by Crippen LogP contribution is 2.50. The molecule has 1 amide bonds. The van der Waals surface area contributed by atoms with Crippen LogP contribution in [0.25, 0.3) is 0 Å². The van der Waals surface area contributed by atoms with Crippen molar-refractivity contribution in [2.45, 2.75) is 38.7 Å². The standard InChI is InChI=1S/C25H33ClN5O3/c1-16-13-30(14-17(2)25(16,33)19-4-5-19)24(32)18-10-11-31(15-18,21-7-6-20(26)12-27-21)22-8-9-23(34-3)29-28-22/h6-9,12,16-19,33H,4-5,10-11,13-15H2,1-3H3/q+1/t16-,17+,18-,25?,31?/m0/s1. The average Bonchev–Trinajstić information content (AvgIpc) is 3.61. The van der Waals surface area contributed by atoms with E-state index in [1.165, 1.54) is 0 Å². The average molecular weight is 487 g/mol. The van der Waals surface area contributed by atoms with Gasteiger partial charge in [-0.15, -0.1) is 5.10 Å². The number of hydrogen-bond acceptors (Lipinski definition) is 6. The number of rotatable bonds is 5. The van der Waals surface area contributed by atoms with Crippen LogP contribution in [0.1, 0.15) is 33.1 Å². The van der Waals surface area contributed by atoms with Crippen molar-refractivity contribution in [1.29, 1.82) is 0 Å². The van der Waals surface area contributed by atoms with E-state index in [-0.39, 0.29) is 23.7 Å². The molecule has 5 rings (SSSR count). The minimum Gasteiger partial charge on any atom is -0.480 e. The third-order valence-corrected chi connectivity index (χ3v) is 8.50. The largest absolute Gasteiger partial charge is 0.480 e. The number of likely N-dealkylation sites (tertiary alicyclic amines) is 1. The fraction of sp³-hybridized carbons (Fsp3) is 0.600. The molecule has 2 aliphatic heterocycles. The Morgan fingerprint density at radius 3 is 2.38 bits per heavy atom. The SMILES string of the molecule is COc1ccc([N+]2(c3ccc(Cl)cn3)CC[C@H](C(=O)N3C[C@@H](C)C(O)(C4CC4)[C@@H](C)C3)C2)nn1. The van der Waals surface area contributed by atoms with Crippen LogP contribution < -0.4 is 9.22 Å². The maximum absolute atomic E-state index is 13.7. The van der Waals surface area contributed by atoms with Crippen molar-refractivity contribution in [3.8, 4) is 5.88 Å². The van der Waals surface area contributed by atoms with E-state index in [9.17, 15) is 9.90 Å². The number of aromatic nitrogens is 3. The number of ether oxygens (including phenoxy) is 1. The zero-order valence-corrected chi connectivity index (χ0v) is 20.8. The zero-order chi connectivity index (χ0) is 24.1. The van der Waals surface area contributed by atoms with Crippen LogP contribution in [0.2, 0.25) is 5.02 Å². The van der Waals surface area contributed by atoms with Crippen molar-refractivity contribution in [3.63, 3.8) is 0 Å². The number of carbonyl (C=O) groups is 1. The molecule has 1 saturated carbocycles. The van der Waals surface area contributed by atoms with E-state index in [1.807, 2.05) is 23.1 Å². The van der Waals surface area contributed by atoms with Gasteiger partial charge in [-0.3, -0.25) is 4.79 Å². The molecule has 0 bridgehead atoms. The van der Waals surface area contributed by atoms with Crippen molar-refractivity contribution in [2.24, 2.45) is 23.7 Å². The minimum atomic E-state index is -0.655. The van der Waals surface area contributed by atoms with Gasteiger partial charge in [0.25, 0.3) is 5.82 Å². The number of nitrogens with zero attached hydrogens (tertiary/aromatic N) is 5. The number of hydrogen-bond donors (Lipinski definition) is 1. The number of amides is 1. The van der Waals surface area contributed by atoms with Gasteiger partial charge >= 0.3 is 0 Å². The Bertz CT molecular complexity index is 1030. The predicted molar refractivity (Wildman–Crippen MR) is 130 cm³/mol. The first-order valence-corrected chi connectivity index (χ1v) is 12.5. The second kappa shape index (κ2) is 8.73. The van der Waals surface area contributed by atoms with E-state index in [0.29, 0.717) is 47.5 Å². The lowest BCUT2D eigenvalue weighted by atomic mass is 9.71. The summed E-state index contributed by atoms with van der Waals surface area (Å²) >= 11 is 6.11. The summed E-state index contributed by atoms with van der Waals surface area (Å²) in [6, 6.07) is 7.42. The molecule has 34 heavy (non-hydrogen) atoms. The molecule has 3 fully saturated rings. The molecule has 1 aliphatic carbocycles. The first-order valence-electron chi connectivity index (χ1n) is 12.2. The summed E-state index contributed by atoms with van der Waals surface area (Å²) in [5, 5.41) is 20.6. The molecule has 5 atom stereocenters. The summed E-state index contributed by atoms with van der Waals surface area (Å²) in [7, 11) is 1.56. The highest BCUT2D eigenvalue weighted by molar-refractivity contribution is 6.30. The van der Waals surface area contributed by atoms with Crippen molar-refractivity contribution >= 4 is 29.1 Å². The highest BCUT2D eigenvalue weighted by atomic mass is 35.5. The lowest BCUT2D eigenvalue weighted by Crippen LogP contribution is -2.59. The number of pyridine rings is 1. The quantitative estimate of drug-likeness (QED) is 0.651. The van der Waals surface area contributed by atoms with Gasteiger partial charge in [0, 0.05) is 49.5 Å². The Morgan fingerprint density at radius 2 is 1.82 bits per heavy atom. The number of carbonyl (C=O) groups excluding carboxylic acids is 1. The fourth-order valence-corrected chi connectivity index (χ4v) is 6.36. The van der Waals surface area contributed by atoms with Crippen LogP contribution in [0.5, 0.6) is 5.88 Å². The van der Waals surface area contributed by atoms with Crippen LogP contribution in [0.4, 0.5) is 11.6 Å². The first-order chi connectivity index (χ1) is 16.3. The molecule has 0 radical (unpaired) electrons. The molecule has 1 N–H and O–H groups in total. The van der Waals surface area contributed by atoms with E-state index in [4.69, 9.17) is 16.3 Å². The molecule has 0 aromatic carbocycles. The van der Waals surface area contributed by atoms with Crippen molar-refractivity contribution in [2.75, 3.05) is 33.3 Å². The van der Waals surface area contributed by atoms with Gasteiger partial charge in [-0.05, 0) is 24.8 Å². The van der Waals surface area contributed by atoms with Crippen LogP contribution in [-0.2, 0) is 4.79 Å². The van der Waals surface area contributed by atoms with Crippen LogP contribution in [0, 0.1) is 23.7 Å². The second-order valence-corrected chi connectivity index (χ2v) is 10.8. The maximum atomic E-state index is 13.7. The fourth-order valence-electron chi connectivity index (χ4n) is 6.24. The van der Waals surface area contributed by atoms with Crippen LogP contribution in [-0.4, -0.2) is 70.0 Å². The Morgan fingerprint density at radius 1 is 1.12 bits per heavy atom. The van der Waals surface area contributed by atoms with Gasteiger partial charge in [-0.1, -0.05) is 30.5 Å². The minimum absolute atomic E-state index is 0.0683. The van der Waals surface area contributed by atoms with E-state index < -0.39 is 5.60 Å². The van der Waals surface area contributed by atoms with Gasteiger partial charge in [-0.25, -0.2) is 9.47 Å². The molecular weight excluding hydrogens is 454 g/mol. The summed E-state index contributed by atoms with van der Waals surface area (Å²) in [6.07, 6.45) is 4.55. The lowest BCUT2D eigenvalue weighted by molar-refractivity contribution is -0.154. The molecule has 8 nitrogen and oxygen atoms in total. The molecule has 182 valence electrons. The maximum Gasteiger partial charge on any atom is 0.253 e. The van der Waals surface area contributed by atoms with E-state index >= 15 is 0 Å². The summed E-state index contributed by atoms with van der Waals surface area (Å²) < 4.78 is 5.53. The molecule has 2 unspecified atom stereocenters. The predicted octanol–water partition coefficient (Wildman–Crippen LogP) is 3.45. The van der Waals surface area contributed by atoms with Gasteiger partial charge in [0.05, 0.1) is 36.4 Å². The zero-order valence-electron chi connectivity index (χ0n) is 20.0. The number of piperidine rings is 1. The molecule has 2 saturated heterocycles. The Hall–Kier alpha value is -2.29. The monoisotopic (exact) mass is 486 g/mol. The normalized spacial score (nSPS) is 33.7. The Balaban J connectivity index is 1.40. The lowest BCUT2D eigenvalue weighted by Gasteiger charge is -2.48. The van der Waals surface area contributed by atoms with Gasteiger partial charge in [0.2, 0.25) is 17.6 Å². The van der Waals surface area contributed by atoms with Crippen LogP contribution in [0.15, 0.2) is 30.5 Å². The first kappa shape index (κ1) is 23.5. The van der Waals surface area contributed by atoms with Crippen molar-refractivity contribution in [1.82, 2.24) is 24.6 Å². The van der Waals surface area contributed by atoms with E-state index in [2.05, 4.69) is 29.0 Å². The molecule has 2 aromatic heterocycles. The van der Waals surface area contributed by atoms with Gasteiger partial charge in [0.1, 0.15) is 6.54 Å². The summed E-state index contributed by atoms with van der Waals surface area (Å²) in [5.41, 5.74) is -0.655. The number of halogens is 1. The van der Waals surface area contributed by atoms with Crippen molar-refractivity contribution in [3.05, 3.63) is 35.5 Å². The molecule has 9 heteroatoms. The van der Waals surface area contributed by atoms with Gasteiger partial charge in [-0.2, -0.15) is 0 Å². The van der Waals surface area contributed by atoms with Crippen LogP contribution in [0.3, 0.4) is 0 Å². The molecule has 4 heterocycles.